The Morgan fingerprint density at radius 1 is 1.22 bits per heavy atom. The molecule has 0 spiro atoms. The largest absolute Gasteiger partial charge is 0.393 e. The van der Waals surface area contributed by atoms with Crippen LogP contribution in [0.1, 0.15) is 38.5 Å². The van der Waals surface area contributed by atoms with Crippen molar-refractivity contribution in [2.45, 2.75) is 44.6 Å². The Hall–Kier alpha value is -0.190. The van der Waals surface area contributed by atoms with Crippen molar-refractivity contribution in [3.05, 3.63) is 0 Å². The number of hydrogen-bond donors (Lipinski definition) is 1. The van der Waals surface area contributed by atoms with Crippen molar-refractivity contribution < 1.29 is 0 Å². The Morgan fingerprint density at radius 3 is 2.78 bits per heavy atom. The summed E-state index contributed by atoms with van der Waals surface area (Å²) in [5.74, 6) is 0. The minimum Gasteiger partial charge on any atom is -0.393 e. The maximum atomic E-state index is 5.73. The van der Waals surface area contributed by atoms with Crippen LogP contribution in [0.5, 0.6) is 0 Å². The fraction of sp³-hybridized carbons (Fsp3) is 0.929. The van der Waals surface area contributed by atoms with E-state index in [-0.39, 0.29) is 0 Å². The van der Waals surface area contributed by atoms with Crippen LogP contribution in [0.2, 0.25) is 0 Å². The molecule has 0 bridgehead atoms. The SMILES string of the molecule is NC(=S)CC1(CN2CCN3CCCCC3C2)CC1. The highest BCUT2D eigenvalue weighted by Crippen LogP contribution is 2.49. The number of hydrogen-bond acceptors (Lipinski definition) is 3. The van der Waals surface area contributed by atoms with Crippen LogP contribution in [0.15, 0.2) is 0 Å². The third kappa shape index (κ3) is 2.86. The Labute approximate surface area is 116 Å². The molecule has 102 valence electrons. The van der Waals surface area contributed by atoms with Gasteiger partial charge in [0.1, 0.15) is 0 Å². The predicted octanol–water partition coefficient (Wildman–Crippen LogP) is 1.61. The van der Waals surface area contributed by atoms with E-state index < -0.39 is 0 Å². The number of rotatable bonds is 4. The summed E-state index contributed by atoms with van der Waals surface area (Å²) in [7, 11) is 0. The molecule has 1 unspecified atom stereocenters. The van der Waals surface area contributed by atoms with Gasteiger partial charge in [-0.15, -0.1) is 0 Å². The molecule has 4 heteroatoms. The van der Waals surface area contributed by atoms with Gasteiger partial charge in [-0.05, 0) is 37.6 Å². The molecule has 0 aromatic rings. The van der Waals surface area contributed by atoms with Crippen LogP contribution in [-0.4, -0.2) is 53.6 Å². The molecule has 0 amide bonds. The van der Waals surface area contributed by atoms with E-state index in [0.29, 0.717) is 10.4 Å². The molecule has 3 fully saturated rings. The Kier molecular flexibility index (Phi) is 3.61. The third-order valence-corrected chi connectivity index (χ3v) is 5.13. The summed E-state index contributed by atoms with van der Waals surface area (Å²) in [6.07, 6.45) is 7.85. The third-order valence-electron chi connectivity index (χ3n) is 4.99. The van der Waals surface area contributed by atoms with Gasteiger partial charge in [-0.25, -0.2) is 0 Å². The second-order valence-electron chi connectivity index (χ2n) is 6.56. The van der Waals surface area contributed by atoms with Crippen molar-refractivity contribution in [1.29, 1.82) is 0 Å². The molecule has 0 radical (unpaired) electrons. The molecule has 3 aliphatic rings. The van der Waals surface area contributed by atoms with Gasteiger partial charge >= 0.3 is 0 Å². The highest BCUT2D eigenvalue weighted by molar-refractivity contribution is 7.80. The number of fused-ring (bicyclic) bond motifs is 1. The zero-order chi connectivity index (χ0) is 12.6. The van der Waals surface area contributed by atoms with E-state index in [2.05, 4.69) is 9.80 Å². The second kappa shape index (κ2) is 5.06. The van der Waals surface area contributed by atoms with Gasteiger partial charge in [-0.2, -0.15) is 0 Å². The van der Waals surface area contributed by atoms with Gasteiger partial charge in [0.25, 0.3) is 0 Å². The van der Waals surface area contributed by atoms with Gasteiger partial charge in [0.2, 0.25) is 0 Å². The fourth-order valence-corrected chi connectivity index (χ4v) is 4.08. The molecule has 0 aromatic carbocycles. The fourth-order valence-electron chi connectivity index (χ4n) is 3.78. The van der Waals surface area contributed by atoms with E-state index in [1.165, 1.54) is 64.8 Å². The molecular weight excluding hydrogens is 242 g/mol. The summed E-state index contributed by atoms with van der Waals surface area (Å²) in [4.78, 5) is 6.09. The molecule has 2 saturated heterocycles. The predicted molar refractivity (Wildman–Crippen MR) is 78.7 cm³/mol. The molecule has 2 heterocycles. The molecule has 2 N–H and O–H groups in total. The van der Waals surface area contributed by atoms with E-state index in [0.717, 1.165) is 12.5 Å². The standard InChI is InChI=1S/C14H25N3S/c15-13(18)9-14(4-5-14)11-16-7-8-17-6-2-1-3-12(17)10-16/h12H,1-11H2,(H2,15,18). The average Bonchev–Trinajstić information content (AvgIpc) is 3.07. The minimum absolute atomic E-state index is 0.461. The molecule has 1 aliphatic carbocycles. The van der Waals surface area contributed by atoms with Gasteiger partial charge < -0.3 is 5.73 Å². The van der Waals surface area contributed by atoms with Crippen LogP contribution >= 0.6 is 12.2 Å². The first kappa shape index (κ1) is 12.8. The van der Waals surface area contributed by atoms with Crippen molar-refractivity contribution in [2.75, 3.05) is 32.7 Å². The van der Waals surface area contributed by atoms with Crippen LogP contribution in [0.25, 0.3) is 0 Å². The van der Waals surface area contributed by atoms with Crippen LogP contribution in [0.3, 0.4) is 0 Å². The number of thiocarbonyl (C=S) groups is 1. The lowest BCUT2D eigenvalue weighted by Crippen LogP contribution is -2.55. The summed E-state index contributed by atoms with van der Waals surface area (Å²) in [5.41, 5.74) is 6.20. The topological polar surface area (TPSA) is 32.5 Å². The molecule has 3 rings (SSSR count). The number of nitrogens with two attached hydrogens (primary N) is 1. The van der Waals surface area contributed by atoms with E-state index >= 15 is 0 Å². The summed E-state index contributed by atoms with van der Waals surface area (Å²) in [5, 5.41) is 0. The van der Waals surface area contributed by atoms with Crippen LogP contribution in [-0.2, 0) is 0 Å². The lowest BCUT2D eigenvalue weighted by atomic mass is 9.97. The van der Waals surface area contributed by atoms with Crippen molar-refractivity contribution in [3.8, 4) is 0 Å². The van der Waals surface area contributed by atoms with Crippen LogP contribution in [0, 0.1) is 5.41 Å². The van der Waals surface area contributed by atoms with Crippen molar-refractivity contribution in [1.82, 2.24) is 9.80 Å². The summed E-state index contributed by atoms with van der Waals surface area (Å²) < 4.78 is 0. The van der Waals surface area contributed by atoms with Gasteiger partial charge in [-0.3, -0.25) is 9.80 Å². The molecular formula is C14H25N3S. The molecule has 0 aromatic heterocycles. The zero-order valence-electron chi connectivity index (χ0n) is 11.2. The van der Waals surface area contributed by atoms with Crippen molar-refractivity contribution in [3.63, 3.8) is 0 Å². The highest BCUT2D eigenvalue weighted by Gasteiger charge is 2.45. The zero-order valence-corrected chi connectivity index (χ0v) is 12.1. The Bertz CT molecular complexity index is 327. The maximum absolute atomic E-state index is 5.73. The Morgan fingerprint density at radius 2 is 2.06 bits per heavy atom. The van der Waals surface area contributed by atoms with E-state index in [9.17, 15) is 0 Å². The quantitative estimate of drug-likeness (QED) is 0.785. The number of piperazine rings is 1. The molecule has 2 aliphatic heterocycles. The maximum Gasteiger partial charge on any atom is 0.0733 e. The van der Waals surface area contributed by atoms with Gasteiger partial charge in [0, 0.05) is 38.6 Å². The number of piperidine rings is 1. The van der Waals surface area contributed by atoms with E-state index in [1.807, 2.05) is 0 Å². The first-order valence-corrected chi connectivity index (χ1v) is 7.82. The highest BCUT2D eigenvalue weighted by atomic mass is 32.1. The minimum atomic E-state index is 0.461. The first-order valence-electron chi connectivity index (χ1n) is 7.42. The van der Waals surface area contributed by atoms with Crippen LogP contribution < -0.4 is 5.73 Å². The first-order chi connectivity index (χ1) is 8.67. The van der Waals surface area contributed by atoms with E-state index in [4.69, 9.17) is 18.0 Å². The lowest BCUT2D eigenvalue weighted by Gasteiger charge is -2.45. The van der Waals surface area contributed by atoms with Gasteiger partial charge in [-0.1, -0.05) is 18.6 Å². The smallest absolute Gasteiger partial charge is 0.0733 e. The van der Waals surface area contributed by atoms with Crippen LogP contribution in [0.4, 0.5) is 0 Å². The lowest BCUT2D eigenvalue weighted by molar-refractivity contribution is 0.0399. The normalized spacial score (nSPS) is 31.9. The summed E-state index contributed by atoms with van der Waals surface area (Å²) in [6.45, 7) is 6.35. The average molecular weight is 267 g/mol. The van der Waals surface area contributed by atoms with Gasteiger partial charge in [0.15, 0.2) is 0 Å². The number of nitrogens with zero attached hydrogens (tertiary/aromatic N) is 2. The van der Waals surface area contributed by atoms with Crippen molar-refractivity contribution in [2.24, 2.45) is 11.1 Å². The van der Waals surface area contributed by atoms with Crippen molar-refractivity contribution >= 4 is 17.2 Å². The molecule has 18 heavy (non-hydrogen) atoms. The molecule has 3 nitrogen and oxygen atoms in total. The summed E-state index contributed by atoms with van der Waals surface area (Å²) in [6, 6.07) is 0.827. The van der Waals surface area contributed by atoms with E-state index in [1.54, 1.807) is 0 Å². The second-order valence-corrected chi connectivity index (χ2v) is 7.09. The molecule has 1 atom stereocenters. The monoisotopic (exact) mass is 267 g/mol. The molecule has 1 saturated carbocycles. The van der Waals surface area contributed by atoms with Gasteiger partial charge in [0.05, 0.1) is 4.99 Å². The Balaban J connectivity index is 1.53. The summed E-state index contributed by atoms with van der Waals surface area (Å²) >= 11 is 5.10.